The lowest BCUT2D eigenvalue weighted by Gasteiger charge is -2.06. The van der Waals surface area contributed by atoms with Gasteiger partial charge in [0.1, 0.15) is 5.82 Å². The zero-order valence-corrected chi connectivity index (χ0v) is 9.47. The van der Waals surface area contributed by atoms with Gasteiger partial charge in [0.25, 0.3) is 5.91 Å². The molecule has 92 valence electrons. The average molecular weight is 246 g/mol. The van der Waals surface area contributed by atoms with Crippen molar-refractivity contribution in [1.82, 2.24) is 4.98 Å². The highest BCUT2D eigenvalue weighted by Gasteiger charge is 2.04. The number of benzene rings is 1. The number of hydrogen-bond acceptors (Lipinski definition) is 3. The quantitative estimate of drug-likeness (QED) is 0.900. The van der Waals surface area contributed by atoms with Crippen molar-refractivity contribution in [3.05, 3.63) is 54.5 Å². The monoisotopic (exact) mass is 246 g/mol. The van der Waals surface area contributed by atoms with Gasteiger partial charge in [-0.3, -0.25) is 4.79 Å². The minimum Gasteiger partial charge on any atom is -0.468 e. The largest absolute Gasteiger partial charge is 0.468 e. The molecule has 0 spiro atoms. The van der Waals surface area contributed by atoms with Crippen LogP contribution in [-0.2, 0) is 4.79 Å². The van der Waals surface area contributed by atoms with E-state index in [0.29, 0.717) is 11.6 Å². The van der Waals surface area contributed by atoms with Gasteiger partial charge in [-0.2, -0.15) is 0 Å². The predicted molar refractivity (Wildman–Crippen MR) is 64.8 cm³/mol. The minimum absolute atomic E-state index is 0.144. The first-order valence-electron chi connectivity index (χ1n) is 5.33. The number of halogens is 1. The molecule has 2 rings (SSSR count). The van der Waals surface area contributed by atoms with Gasteiger partial charge in [0, 0.05) is 18.0 Å². The molecule has 0 bridgehead atoms. The molecular formula is C13H11FN2O2. The number of amides is 1. The van der Waals surface area contributed by atoms with E-state index in [0.717, 1.165) is 0 Å². The Hall–Kier alpha value is -2.43. The van der Waals surface area contributed by atoms with Crippen molar-refractivity contribution in [2.24, 2.45) is 0 Å². The Labute approximate surface area is 103 Å². The molecule has 0 aliphatic rings. The molecule has 0 aliphatic heterocycles. The molecule has 1 aromatic carbocycles. The van der Waals surface area contributed by atoms with E-state index in [1.807, 2.05) is 0 Å². The number of hydrogen-bond donors (Lipinski definition) is 1. The molecule has 5 heteroatoms. The second-order valence-electron chi connectivity index (χ2n) is 3.51. The summed E-state index contributed by atoms with van der Waals surface area (Å²) in [6, 6.07) is 10.7. The van der Waals surface area contributed by atoms with Crippen LogP contribution >= 0.6 is 0 Å². The summed E-state index contributed by atoms with van der Waals surface area (Å²) >= 11 is 0. The van der Waals surface area contributed by atoms with Gasteiger partial charge < -0.3 is 10.1 Å². The van der Waals surface area contributed by atoms with Crippen LogP contribution in [0.2, 0.25) is 0 Å². The summed E-state index contributed by atoms with van der Waals surface area (Å²) in [6.45, 7) is -0.144. The van der Waals surface area contributed by atoms with Crippen LogP contribution in [0.15, 0.2) is 48.7 Å². The third-order valence-corrected chi connectivity index (χ3v) is 2.12. The molecule has 0 fully saturated rings. The molecule has 0 saturated heterocycles. The maximum atomic E-state index is 12.6. The van der Waals surface area contributed by atoms with Gasteiger partial charge in [-0.25, -0.2) is 9.37 Å². The van der Waals surface area contributed by atoms with Crippen LogP contribution in [-0.4, -0.2) is 17.5 Å². The molecule has 1 N–H and O–H groups in total. The SMILES string of the molecule is O=C(COc1ccccn1)Nc1ccc(F)cc1. The number of pyridine rings is 1. The zero-order chi connectivity index (χ0) is 12.8. The molecule has 0 unspecified atom stereocenters. The maximum Gasteiger partial charge on any atom is 0.262 e. The zero-order valence-electron chi connectivity index (χ0n) is 9.47. The summed E-state index contributed by atoms with van der Waals surface area (Å²) in [4.78, 5) is 15.4. The summed E-state index contributed by atoms with van der Waals surface area (Å²) in [5, 5.41) is 2.58. The van der Waals surface area contributed by atoms with Crippen molar-refractivity contribution in [1.29, 1.82) is 0 Å². The molecule has 2 aromatic rings. The lowest BCUT2D eigenvalue weighted by molar-refractivity contribution is -0.118. The van der Waals surface area contributed by atoms with Gasteiger partial charge in [-0.15, -0.1) is 0 Å². The minimum atomic E-state index is -0.349. The summed E-state index contributed by atoms with van der Waals surface area (Å²) < 4.78 is 17.8. The molecule has 4 nitrogen and oxygen atoms in total. The van der Waals surface area contributed by atoms with Crippen LogP contribution in [0, 0.1) is 5.82 Å². The van der Waals surface area contributed by atoms with Crippen LogP contribution in [0.25, 0.3) is 0 Å². The van der Waals surface area contributed by atoms with Gasteiger partial charge >= 0.3 is 0 Å². The van der Waals surface area contributed by atoms with Crippen molar-refractivity contribution in [2.75, 3.05) is 11.9 Å². The Balaban J connectivity index is 1.84. The molecule has 1 aromatic heterocycles. The molecule has 0 atom stereocenters. The van der Waals surface area contributed by atoms with Gasteiger partial charge in [0.05, 0.1) is 0 Å². The first-order valence-corrected chi connectivity index (χ1v) is 5.33. The second kappa shape index (κ2) is 5.77. The summed E-state index contributed by atoms with van der Waals surface area (Å²) in [6.07, 6.45) is 1.58. The van der Waals surface area contributed by atoms with E-state index in [1.54, 1.807) is 24.4 Å². The van der Waals surface area contributed by atoms with Crippen LogP contribution in [0.3, 0.4) is 0 Å². The normalized spacial score (nSPS) is 9.83. The number of nitrogens with zero attached hydrogens (tertiary/aromatic N) is 1. The molecule has 0 radical (unpaired) electrons. The molecule has 18 heavy (non-hydrogen) atoms. The number of anilines is 1. The van der Waals surface area contributed by atoms with Crippen molar-refractivity contribution in [2.45, 2.75) is 0 Å². The number of carbonyl (C=O) groups excluding carboxylic acids is 1. The van der Waals surface area contributed by atoms with E-state index in [2.05, 4.69) is 10.3 Å². The Morgan fingerprint density at radius 3 is 2.67 bits per heavy atom. The average Bonchev–Trinajstić information content (AvgIpc) is 2.40. The number of carbonyl (C=O) groups is 1. The van der Waals surface area contributed by atoms with E-state index in [9.17, 15) is 9.18 Å². The molecule has 0 saturated carbocycles. The standard InChI is InChI=1S/C13H11FN2O2/c14-10-4-6-11(7-5-10)16-12(17)9-18-13-3-1-2-8-15-13/h1-8H,9H2,(H,16,17). The first kappa shape index (κ1) is 12.0. The smallest absolute Gasteiger partial charge is 0.262 e. The molecule has 0 aliphatic carbocycles. The lowest BCUT2D eigenvalue weighted by Crippen LogP contribution is -2.20. The van der Waals surface area contributed by atoms with Crippen LogP contribution in [0.1, 0.15) is 0 Å². The Kier molecular flexibility index (Phi) is 3.86. The topological polar surface area (TPSA) is 51.2 Å². The van der Waals surface area contributed by atoms with E-state index in [1.165, 1.54) is 24.3 Å². The van der Waals surface area contributed by atoms with Crippen molar-refractivity contribution >= 4 is 11.6 Å². The fourth-order valence-corrected chi connectivity index (χ4v) is 1.30. The molecule has 1 amide bonds. The van der Waals surface area contributed by atoms with E-state index in [4.69, 9.17) is 4.74 Å². The third-order valence-electron chi connectivity index (χ3n) is 2.12. The first-order chi connectivity index (χ1) is 8.74. The van der Waals surface area contributed by atoms with E-state index >= 15 is 0 Å². The van der Waals surface area contributed by atoms with Gasteiger partial charge in [0.15, 0.2) is 6.61 Å². The second-order valence-corrected chi connectivity index (χ2v) is 3.51. The molecule has 1 heterocycles. The van der Waals surface area contributed by atoms with E-state index in [-0.39, 0.29) is 18.3 Å². The Morgan fingerprint density at radius 2 is 2.00 bits per heavy atom. The van der Waals surface area contributed by atoms with Crippen molar-refractivity contribution in [3.8, 4) is 5.88 Å². The van der Waals surface area contributed by atoms with Crippen molar-refractivity contribution < 1.29 is 13.9 Å². The van der Waals surface area contributed by atoms with Crippen LogP contribution < -0.4 is 10.1 Å². The third kappa shape index (κ3) is 3.55. The van der Waals surface area contributed by atoms with Gasteiger partial charge in [-0.05, 0) is 30.3 Å². The Morgan fingerprint density at radius 1 is 1.22 bits per heavy atom. The van der Waals surface area contributed by atoms with Crippen LogP contribution in [0.5, 0.6) is 5.88 Å². The summed E-state index contributed by atoms with van der Waals surface area (Å²) in [5.41, 5.74) is 0.519. The summed E-state index contributed by atoms with van der Waals surface area (Å²) in [7, 11) is 0. The van der Waals surface area contributed by atoms with Gasteiger partial charge in [0.2, 0.25) is 5.88 Å². The highest BCUT2D eigenvalue weighted by atomic mass is 19.1. The van der Waals surface area contributed by atoms with Gasteiger partial charge in [-0.1, -0.05) is 6.07 Å². The maximum absolute atomic E-state index is 12.6. The lowest BCUT2D eigenvalue weighted by atomic mass is 10.3. The predicted octanol–water partition coefficient (Wildman–Crippen LogP) is 2.24. The van der Waals surface area contributed by atoms with Crippen LogP contribution in [0.4, 0.5) is 10.1 Å². The number of rotatable bonds is 4. The fourth-order valence-electron chi connectivity index (χ4n) is 1.30. The number of aromatic nitrogens is 1. The fraction of sp³-hybridized carbons (Fsp3) is 0.0769. The number of nitrogens with one attached hydrogen (secondary N) is 1. The highest BCUT2D eigenvalue weighted by Crippen LogP contribution is 2.08. The van der Waals surface area contributed by atoms with Crippen molar-refractivity contribution in [3.63, 3.8) is 0 Å². The van der Waals surface area contributed by atoms with E-state index < -0.39 is 0 Å². The Bertz CT molecular complexity index is 514. The molecular weight excluding hydrogens is 235 g/mol. The highest BCUT2D eigenvalue weighted by molar-refractivity contribution is 5.91. The summed E-state index contributed by atoms with van der Waals surface area (Å²) in [5.74, 6) is -0.295. The number of ether oxygens (including phenoxy) is 1.